The van der Waals surface area contributed by atoms with Gasteiger partial charge in [-0.2, -0.15) is 0 Å². The molecule has 1 aromatic carbocycles. The van der Waals surface area contributed by atoms with E-state index in [1.54, 1.807) is 18.2 Å². The van der Waals surface area contributed by atoms with Crippen LogP contribution < -0.4 is 14.8 Å². The summed E-state index contributed by atoms with van der Waals surface area (Å²) in [6.07, 6.45) is 0. The monoisotopic (exact) mass is 424 g/mol. The van der Waals surface area contributed by atoms with Crippen molar-refractivity contribution in [3.8, 4) is 11.5 Å². The summed E-state index contributed by atoms with van der Waals surface area (Å²) in [5.74, 6) is 0.504. The third-order valence-corrected chi connectivity index (χ3v) is 4.14. The summed E-state index contributed by atoms with van der Waals surface area (Å²) >= 11 is 5.98. The lowest BCUT2D eigenvalue weighted by molar-refractivity contribution is -0.509. The molecule has 0 saturated carbocycles. The van der Waals surface area contributed by atoms with Gasteiger partial charge in [-0.15, -0.1) is 0 Å². The molecule has 1 N–H and O–H groups in total. The number of nitrogens with one attached hydrogen (secondary N) is 1. The van der Waals surface area contributed by atoms with Gasteiger partial charge in [-0.3, -0.25) is 14.9 Å². The third kappa shape index (κ3) is 4.31. The molecule has 0 aliphatic carbocycles. The van der Waals surface area contributed by atoms with E-state index in [-0.39, 0.29) is 0 Å². The van der Waals surface area contributed by atoms with E-state index >= 15 is 0 Å². The second-order valence-electron chi connectivity index (χ2n) is 4.12. The van der Waals surface area contributed by atoms with Crippen molar-refractivity contribution in [1.82, 2.24) is 5.32 Å². The van der Waals surface area contributed by atoms with Crippen molar-refractivity contribution < 1.29 is 19.2 Å². The number of halogens is 2. The molecule has 0 aliphatic heterocycles. The number of carbonyl (C=O) groups is 1. The van der Waals surface area contributed by atoms with Gasteiger partial charge < -0.3 is 14.8 Å². The second-order valence-corrected chi connectivity index (χ2v) is 7.61. The van der Waals surface area contributed by atoms with Crippen LogP contribution in [-0.4, -0.2) is 28.4 Å². The molecule has 0 spiro atoms. The van der Waals surface area contributed by atoms with Gasteiger partial charge in [-0.05, 0) is 17.7 Å². The minimum atomic E-state index is -1.76. The number of amides is 1. The Kier molecular flexibility index (Phi) is 5.97. The van der Waals surface area contributed by atoms with Gasteiger partial charge in [-0.25, -0.2) is 0 Å². The van der Waals surface area contributed by atoms with Crippen molar-refractivity contribution >= 4 is 37.8 Å². The molecule has 0 radical (unpaired) electrons. The van der Waals surface area contributed by atoms with E-state index in [0.29, 0.717) is 17.1 Å². The first kappa shape index (κ1) is 17.7. The van der Waals surface area contributed by atoms with Crippen molar-refractivity contribution in [1.29, 1.82) is 0 Å². The summed E-state index contributed by atoms with van der Waals surface area (Å²) < 4.78 is 8.50. The fourth-order valence-electron chi connectivity index (χ4n) is 1.68. The summed E-state index contributed by atoms with van der Waals surface area (Å²) in [5, 5.41) is 13.8. The first-order valence-electron chi connectivity index (χ1n) is 5.74. The van der Waals surface area contributed by atoms with Crippen molar-refractivity contribution in [2.75, 3.05) is 14.2 Å². The molecule has 1 unspecified atom stereocenters. The van der Waals surface area contributed by atoms with Crippen LogP contribution >= 0.6 is 31.9 Å². The summed E-state index contributed by atoms with van der Waals surface area (Å²) in [5.41, 5.74) is 0.451. The standard InChI is InChI=1S/C12H14Br2N2O5/c1-7(17)15-11(12(13,14)16(18)19)8-4-9(20-2)6-10(5-8)21-3/h4-6,11H,1-3H3,(H,15,17). The van der Waals surface area contributed by atoms with E-state index in [2.05, 4.69) is 37.2 Å². The molecule has 0 saturated heterocycles. The molecule has 0 aliphatic rings. The molecular formula is C12H14Br2N2O5. The van der Waals surface area contributed by atoms with Crippen molar-refractivity contribution in [3.63, 3.8) is 0 Å². The Hall–Kier alpha value is -1.35. The molecule has 0 heterocycles. The van der Waals surface area contributed by atoms with Crippen LogP contribution in [0.15, 0.2) is 18.2 Å². The fourth-order valence-corrected chi connectivity index (χ4v) is 2.43. The van der Waals surface area contributed by atoms with E-state index in [1.807, 2.05) is 0 Å². The van der Waals surface area contributed by atoms with Gasteiger partial charge in [0.25, 0.3) is 0 Å². The summed E-state index contributed by atoms with van der Waals surface area (Å²) in [6, 6.07) is 3.83. The molecular weight excluding hydrogens is 412 g/mol. The number of benzene rings is 1. The van der Waals surface area contributed by atoms with E-state index in [1.165, 1.54) is 21.1 Å². The van der Waals surface area contributed by atoms with Gasteiger partial charge >= 0.3 is 3.36 Å². The van der Waals surface area contributed by atoms with E-state index in [0.717, 1.165) is 0 Å². The smallest absolute Gasteiger partial charge is 0.350 e. The summed E-state index contributed by atoms with van der Waals surface area (Å²) in [6.45, 7) is 1.28. The molecule has 1 aromatic rings. The lowest BCUT2D eigenvalue weighted by atomic mass is 10.1. The Labute approximate surface area is 138 Å². The Morgan fingerprint density at radius 3 is 2.10 bits per heavy atom. The number of nitrogens with zero attached hydrogens (tertiary/aromatic N) is 1. The highest BCUT2D eigenvalue weighted by atomic mass is 79.9. The highest BCUT2D eigenvalue weighted by molar-refractivity contribution is 9.25. The van der Waals surface area contributed by atoms with Gasteiger partial charge in [0.1, 0.15) is 17.5 Å². The topological polar surface area (TPSA) is 90.7 Å². The number of ether oxygens (including phenoxy) is 2. The number of carbonyl (C=O) groups excluding carboxylic acids is 1. The summed E-state index contributed by atoms with van der Waals surface area (Å²) in [4.78, 5) is 22.0. The maximum Gasteiger partial charge on any atom is 0.350 e. The number of methoxy groups -OCH3 is 2. The third-order valence-electron chi connectivity index (χ3n) is 2.65. The Morgan fingerprint density at radius 2 is 1.76 bits per heavy atom. The average Bonchev–Trinajstić information content (AvgIpc) is 2.43. The molecule has 7 nitrogen and oxygen atoms in total. The Bertz CT molecular complexity index is 528. The molecule has 0 bridgehead atoms. The molecule has 1 rings (SSSR count). The van der Waals surface area contributed by atoms with E-state index in [9.17, 15) is 14.9 Å². The number of nitro groups is 1. The number of hydrogen-bond acceptors (Lipinski definition) is 5. The van der Waals surface area contributed by atoms with Gasteiger partial charge in [0.15, 0.2) is 0 Å². The molecule has 0 fully saturated rings. The quantitative estimate of drug-likeness (QED) is 0.327. The highest BCUT2D eigenvalue weighted by Gasteiger charge is 2.47. The van der Waals surface area contributed by atoms with Crippen molar-refractivity contribution in [2.45, 2.75) is 16.3 Å². The zero-order valence-electron chi connectivity index (χ0n) is 11.6. The van der Waals surface area contributed by atoms with Crippen LogP contribution in [0.1, 0.15) is 18.5 Å². The number of rotatable bonds is 6. The van der Waals surface area contributed by atoms with Crippen LogP contribution in [0.2, 0.25) is 0 Å². The van der Waals surface area contributed by atoms with Gasteiger partial charge in [-0.1, -0.05) is 0 Å². The lowest BCUT2D eigenvalue weighted by Crippen LogP contribution is -2.42. The molecule has 0 aromatic heterocycles. The van der Waals surface area contributed by atoms with Crippen LogP contribution in [-0.2, 0) is 4.79 Å². The lowest BCUT2D eigenvalue weighted by Gasteiger charge is -2.25. The molecule has 116 valence electrons. The Morgan fingerprint density at radius 1 is 1.29 bits per heavy atom. The fraction of sp³-hybridized carbons (Fsp3) is 0.417. The van der Waals surface area contributed by atoms with E-state index in [4.69, 9.17) is 9.47 Å². The van der Waals surface area contributed by atoms with Crippen LogP contribution in [0.4, 0.5) is 0 Å². The maximum absolute atomic E-state index is 11.4. The minimum Gasteiger partial charge on any atom is -0.497 e. The minimum absolute atomic E-state index is 0.410. The maximum atomic E-state index is 11.4. The van der Waals surface area contributed by atoms with Crippen molar-refractivity contribution in [3.05, 3.63) is 33.9 Å². The average molecular weight is 426 g/mol. The van der Waals surface area contributed by atoms with Gasteiger partial charge in [0.05, 0.1) is 19.1 Å². The van der Waals surface area contributed by atoms with Gasteiger partial charge in [0, 0.05) is 44.8 Å². The Balaban J connectivity index is 3.38. The first-order valence-corrected chi connectivity index (χ1v) is 7.33. The van der Waals surface area contributed by atoms with Crippen LogP contribution in [0.3, 0.4) is 0 Å². The zero-order valence-corrected chi connectivity index (χ0v) is 14.7. The van der Waals surface area contributed by atoms with Crippen LogP contribution in [0, 0.1) is 10.1 Å². The molecule has 1 amide bonds. The number of alkyl halides is 2. The molecule has 9 heteroatoms. The normalized spacial score (nSPS) is 12.4. The predicted molar refractivity (Wildman–Crippen MR) is 83.7 cm³/mol. The summed E-state index contributed by atoms with van der Waals surface area (Å²) in [7, 11) is 2.93. The van der Waals surface area contributed by atoms with E-state index < -0.39 is 20.2 Å². The molecule has 21 heavy (non-hydrogen) atoms. The second kappa shape index (κ2) is 7.08. The zero-order chi connectivity index (χ0) is 16.2. The molecule has 1 atom stereocenters. The van der Waals surface area contributed by atoms with Crippen LogP contribution in [0.25, 0.3) is 0 Å². The van der Waals surface area contributed by atoms with Gasteiger partial charge in [0.2, 0.25) is 5.91 Å². The highest BCUT2D eigenvalue weighted by Crippen LogP contribution is 2.41. The first-order chi connectivity index (χ1) is 9.72. The number of hydrogen-bond donors (Lipinski definition) is 1. The predicted octanol–water partition coefficient (Wildman–Crippen LogP) is 2.60. The van der Waals surface area contributed by atoms with Crippen LogP contribution in [0.5, 0.6) is 11.5 Å². The SMILES string of the molecule is COc1cc(OC)cc(C(NC(C)=O)C(Br)(Br)[N+](=O)[O-])c1. The van der Waals surface area contributed by atoms with Crippen molar-refractivity contribution in [2.24, 2.45) is 0 Å². The largest absolute Gasteiger partial charge is 0.497 e.